The minimum Gasteiger partial charge on any atom is -0.399 e. The smallest absolute Gasteiger partial charge is 0.323 e. The number of hydrogen-bond acceptors (Lipinski definition) is 2. The third-order valence-electron chi connectivity index (χ3n) is 2.51. The molecule has 0 saturated heterocycles. The van der Waals surface area contributed by atoms with Crippen molar-refractivity contribution in [3.05, 3.63) is 66.1 Å². The first kappa shape index (κ1) is 13.6. The number of urea groups is 1. The maximum Gasteiger partial charge on any atom is 0.323 e. The van der Waals surface area contributed by atoms with Crippen LogP contribution in [-0.2, 0) is 0 Å². The predicted octanol–water partition coefficient (Wildman–Crippen LogP) is 3.20. The van der Waals surface area contributed by atoms with Gasteiger partial charge in [0.15, 0.2) is 0 Å². The summed E-state index contributed by atoms with van der Waals surface area (Å²) in [7, 11) is 0. The van der Waals surface area contributed by atoms with Gasteiger partial charge in [-0.25, -0.2) is 9.18 Å². The Morgan fingerprint density at radius 1 is 1.15 bits per heavy atom. The van der Waals surface area contributed by atoms with Crippen LogP contribution in [0.1, 0.15) is 5.56 Å². The molecule has 2 aromatic rings. The van der Waals surface area contributed by atoms with E-state index in [1.165, 1.54) is 18.3 Å². The summed E-state index contributed by atoms with van der Waals surface area (Å²) in [5.74, 6) is -0.321. The van der Waals surface area contributed by atoms with Crippen molar-refractivity contribution in [1.29, 1.82) is 0 Å². The van der Waals surface area contributed by atoms with Crippen LogP contribution in [-0.4, -0.2) is 6.03 Å². The zero-order valence-electron chi connectivity index (χ0n) is 10.6. The van der Waals surface area contributed by atoms with Gasteiger partial charge in [0.2, 0.25) is 0 Å². The number of halogens is 1. The standard InChI is InChI=1S/C15H14FN3O/c16-12-3-1-2-11(10-12)8-9-18-15(20)19-14-6-4-13(17)5-7-14/h1-10H,17H2,(H2,18,19,20)/b9-8+. The van der Waals surface area contributed by atoms with Crippen LogP contribution in [0.15, 0.2) is 54.7 Å². The molecule has 0 saturated carbocycles. The van der Waals surface area contributed by atoms with E-state index in [9.17, 15) is 9.18 Å². The van der Waals surface area contributed by atoms with Gasteiger partial charge in [-0.05, 0) is 48.0 Å². The van der Waals surface area contributed by atoms with E-state index in [0.29, 0.717) is 16.9 Å². The Bertz CT molecular complexity index is 623. The van der Waals surface area contributed by atoms with Gasteiger partial charge >= 0.3 is 6.03 Å². The van der Waals surface area contributed by atoms with Crippen molar-refractivity contribution in [2.45, 2.75) is 0 Å². The average molecular weight is 271 g/mol. The molecule has 0 aromatic heterocycles. The first-order valence-electron chi connectivity index (χ1n) is 5.99. The van der Waals surface area contributed by atoms with E-state index in [2.05, 4.69) is 10.6 Å². The lowest BCUT2D eigenvalue weighted by Gasteiger charge is -2.04. The summed E-state index contributed by atoms with van der Waals surface area (Å²) in [6.07, 6.45) is 3.05. The lowest BCUT2D eigenvalue weighted by Crippen LogP contribution is -2.23. The molecule has 0 fully saturated rings. The highest BCUT2D eigenvalue weighted by Crippen LogP contribution is 2.10. The third-order valence-corrected chi connectivity index (χ3v) is 2.51. The summed E-state index contributed by atoms with van der Waals surface area (Å²) in [4.78, 5) is 11.6. The van der Waals surface area contributed by atoms with Crippen LogP contribution >= 0.6 is 0 Å². The van der Waals surface area contributed by atoms with Crippen molar-refractivity contribution < 1.29 is 9.18 Å². The zero-order chi connectivity index (χ0) is 14.4. The molecule has 5 heteroatoms. The molecular formula is C15H14FN3O. The van der Waals surface area contributed by atoms with E-state index in [-0.39, 0.29) is 11.8 Å². The third kappa shape index (κ3) is 4.13. The number of carbonyl (C=O) groups is 1. The van der Waals surface area contributed by atoms with Gasteiger partial charge in [0.05, 0.1) is 0 Å². The van der Waals surface area contributed by atoms with E-state index < -0.39 is 0 Å². The highest BCUT2D eigenvalue weighted by molar-refractivity contribution is 5.90. The van der Waals surface area contributed by atoms with Crippen LogP contribution in [0.4, 0.5) is 20.6 Å². The van der Waals surface area contributed by atoms with Crippen molar-refractivity contribution in [1.82, 2.24) is 5.32 Å². The highest BCUT2D eigenvalue weighted by Gasteiger charge is 1.98. The largest absolute Gasteiger partial charge is 0.399 e. The van der Waals surface area contributed by atoms with Crippen molar-refractivity contribution >= 4 is 23.5 Å². The van der Waals surface area contributed by atoms with Gasteiger partial charge in [-0.15, -0.1) is 0 Å². The van der Waals surface area contributed by atoms with Gasteiger partial charge < -0.3 is 16.4 Å². The van der Waals surface area contributed by atoms with Crippen LogP contribution in [0.2, 0.25) is 0 Å². The molecule has 0 aliphatic rings. The molecule has 2 aromatic carbocycles. The Labute approximate surface area is 116 Å². The highest BCUT2D eigenvalue weighted by atomic mass is 19.1. The first-order chi connectivity index (χ1) is 9.63. The Morgan fingerprint density at radius 2 is 1.90 bits per heavy atom. The van der Waals surface area contributed by atoms with E-state index >= 15 is 0 Å². The van der Waals surface area contributed by atoms with Gasteiger partial charge in [0, 0.05) is 17.6 Å². The molecule has 0 spiro atoms. The topological polar surface area (TPSA) is 67.1 Å². The maximum atomic E-state index is 12.9. The number of rotatable bonds is 3. The Morgan fingerprint density at radius 3 is 2.60 bits per heavy atom. The molecular weight excluding hydrogens is 257 g/mol. The second kappa shape index (κ2) is 6.38. The fourth-order valence-electron chi connectivity index (χ4n) is 1.56. The monoisotopic (exact) mass is 271 g/mol. The molecule has 0 aliphatic heterocycles. The summed E-state index contributed by atoms with van der Waals surface area (Å²) in [5, 5.41) is 5.17. The SMILES string of the molecule is Nc1ccc(NC(=O)N/C=C/c2cccc(F)c2)cc1. The molecule has 20 heavy (non-hydrogen) atoms. The average Bonchev–Trinajstić information content (AvgIpc) is 2.41. The number of nitrogens with two attached hydrogens (primary N) is 1. The van der Waals surface area contributed by atoms with Crippen molar-refractivity contribution in [3.8, 4) is 0 Å². The summed E-state index contributed by atoms with van der Waals surface area (Å²) in [6.45, 7) is 0. The van der Waals surface area contributed by atoms with E-state index in [1.807, 2.05) is 0 Å². The molecule has 102 valence electrons. The number of anilines is 2. The van der Waals surface area contributed by atoms with Gasteiger partial charge in [-0.3, -0.25) is 0 Å². The van der Waals surface area contributed by atoms with Gasteiger partial charge in [0.25, 0.3) is 0 Å². The Kier molecular flexibility index (Phi) is 4.34. The number of hydrogen-bond donors (Lipinski definition) is 3. The molecule has 0 atom stereocenters. The van der Waals surface area contributed by atoms with Crippen LogP contribution in [0.3, 0.4) is 0 Å². The van der Waals surface area contributed by atoms with E-state index in [0.717, 1.165) is 0 Å². The molecule has 2 rings (SSSR count). The molecule has 0 heterocycles. The number of carbonyl (C=O) groups excluding carboxylic acids is 1. The van der Waals surface area contributed by atoms with E-state index in [1.54, 1.807) is 42.5 Å². The molecule has 0 bridgehead atoms. The molecule has 0 radical (unpaired) electrons. The quantitative estimate of drug-likeness (QED) is 0.750. The van der Waals surface area contributed by atoms with Crippen LogP contribution in [0, 0.1) is 5.82 Å². The van der Waals surface area contributed by atoms with Crippen LogP contribution in [0.25, 0.3) is 6.08 Å². The number of benzene rings is 2. The lowest BCUT2D eigenvalue weighted by molar-refractivity contribution is 0.255. The second-order valence-electron chi connectivity index (χ2n) is 4.11. The lowest BCUT2D eigenvalue weighted by atomic mass is 10.2. The summed E-state index contributed by atoms with van der Waals surface area (Å²) in [5.41, 5.74) is 7.47. The van der Waals surface area contributed by atoms with Crippen molar-refractivity contribution in [2.75, 3.05) is 11.1 Å². The van der Waals surface area contributed by atoms with Crippen LogP contribution < -0.4 is 16.4 Å². The Hall–Kier alpha value is -2.82. The van der Waals surface area contributed by atoms with E-state index in [4.69, 9.17) is 5.73 Å². The van der Waals surface area contributed by atoms with Gasteiger partial charge in [-0.2, -0.15) is 0 Å². The minimum absolute atomic E-state index is 0.321. The molecule has 4 nitrogen and oxygen atoms in total. The molecule has 0 aliphatic carbocycles. The summed E-state index contributed by atoms with van der Waals surface area (Å²) in [6, 6.07) is 12.5. The number of nitrogen functional groups attached to an aromatic ring is 1. The Balaban J connectivity index is 1.87. The van der Waals surface area contributed by atoms with Crippen molar-refractivity contribution in [2.24, 2.45) is 0 Å². The fourth-order valence-corrected chi connectivity index (χ4v) is 1.56. The zero-order valence-corrected chi connectivity index (χ0v) is 10.6. The second-order valence-corrected chi connectivity index (χ2v) is 4.11. The summed E-state index contributed by atoms with van der Waals surface area (Å²) >= 11 is 0. The maximum absolute atomic E-state index is 12.9. The number of amides is 2. The first-order valence-corrected chi connectivity index (χ1v) is 5.99. The summed E-state index contributed by atoms with van der Waals surface area (Å²) < 4.78 is 12.9. The molecule has 0 unspecified atom stereocenters. The van der Waals surface area contributed by atoms with Gasteiger partial charge in [0.1, 0.15) is 5.82 Å². The molecule has 2 amide bonds. The number of nitrogens with one attached hydrogen (secondary N) is 2. The predicted molar refractivity (Wildman–Crippen MR) is 78.4 cm³/mol. The fraction of sp³-hybridized carbons (Fsp3) is 0. The normalized spacial score (nSPS) is 10.4. The van der Waals surface area contributed by atoms with Gasteiger partial charge in [-0.1, -0.05) is 12.1 Å². The van der Waals surface area contributed by atoms with Crippen LogP contribution in [0.5, 0.6) is 0 Å². The minimum atomic E-state index is -0.387. The van der Waals surface area contributed by atoms with Crippen molar-refractivity contribution in [3.63, 3.8) is 0 Å². The molecule has 4 N–H and O–H groups in total.